The number of amides is 3. The lowest BCUT2D eigenvalue weighted by atomic mass is 10.1. The van der Waals surface area contributed by atoms with Crippen molar-refractivity contribution in [2.24, 2.45) is 0 Å². The van der Waals surface area contributed by atoms with Crippen molar-refractivity contribution in [3.63, 3.8) is 0 Å². The molecule has 0 radical (unpaired) electrons. The minimum absolute atomic E-state index is 0.253. The van der Waals surface area contributed by atoms with E-state index in [2.05, 4.69) is 5.43 Å². The molecule has 0 bridgehead atoms. The fraction of sp³-hybridized carbons (Fsp3) is 0.0625. The number of nitrogens with one attached hydrogen (secondary N) is 1. The summed E-state index contributed by atoms with van der Waals surface area (Å²) < 4.78 is 5.03. The number of rotatable bonds is 2. The van der Waals surface area contributed by atoms with Crippen molar-refractivity contribution in [3.8, 4) is 5.75 Å². The maximum absolute atomic E-state index is 12.1. The largest absolute Gasteiger partial charge is 0.432 e. The molecule has 0 saturated carbocycles. The Balaban J connectivity index is 1.71. The lowest BCUT2D eigenvalue weighted by Gasteiger charge is -2.14. The number of fused-ring (bicyclic) bond motifs is 1. The fourth-order valence-electron chi connectivity index (χ4n) is 2.12. The van der Waals surface area contributed by atoms with Crippen LogP contribution < -0.4 is 10.2 Å². The highest BCUT2D eigenvalue weighted by Gasteiger charge is 2.36. The van der Waals surface area contributed by atoms with E-state index in [0.29, 0.717) is 10.8 Å². The molecule has 0 saturated heterocycles. The van der Waals surface area contributed by atoms with Crippen LogP contribution in [0, 0.1) is 6.92 Å². The van der Waals surface area contributed by atoms with E-state index in [1.807, 2.05) is 6.92 Å². The Morgan fingerprint density at radius 1 is 0.955 bits per heavy atom. The molecule has 3 amide bonds. The molecule has 1 aliphatic heterocycles. The molecule has 110 valence electrons. The van der Waals surface area contributed by atoms with Crippen molar-refractivity contribution in [3.05, 3.63) is 65.2 Å². The molecule has 2 aromatic rings. The van der Waals surface area contributed by atoms with E-state index in [1.165, 1.54) is 12.1 Å². The molecule has 0 unspecified atom stereocenters. The van der Waals surface area contributed by atoms with Gasteiger partial charge in [0.25, 0.3) is 11.8 Å². The number of hydrazine groups is 1. The highest BCUT2D eigenvalue weighted by Crippen LogP contribution is 2.21. The van der Waals surface area contributed by atoms with Gasteiger partial charge in [0.05, 0.1) is 11.1 Å². The van der Waals surface area contributed by atoms with Gasteiger partial charge < -0.3 is 4.74 Å². The van der Waals surface area contributed by atoms with Crippen molar-refractivity contribution >= 4 is 17.9 Å². The highest BCUT2D eigenvalue weighted by atomic mass is 16.6. The molecule has 2 aromatic carbocycles. The highest BCUT2D eigenvalue weighted by molar-refractivity contribution is 6.21. The molecule has 0 atom stereocenters. The number of carbonyl (C=O) groups excluding carboxylic acids is 3. The van der Waals surface area contributed by atoms with Gasteiger partial charge >= 0.3 is 6.09 Å². The first kappa shape index (κ1) is 13.8. The predicted molar refractivity (Wildman–Crippen MR) is 77.3 cm³/mol. The van der Waals surface area contributed by atoms with Crippen molar-refractivity contribution in [1.29, 1.82) is 0 Å². The lowest BCUT2D eigenvalue weighted by Crippen LogP contribution is -2.47. The van der Waals surface area contributed by atoms with Gasteiger partial charge in [-0.25, -0.2) is 10.2 Å². The van der Waals surface area contributed by atoms with Gasteiger partial charge in [-0.3, -0.25) is 9.59 Å². The summed E-state index contributed by atoms with van der Waals surface area (Å²) in [6, 6.07) is 13.2. The van der Waals surface area contributed by atoms with E-state index in [4.69, 9.17) is 4.74 Å². The maximum atomic E-state index is 12.1. The monoisotopic (exact) mass is 296 g/mol. The first-order valence-corrected chi connectivity index (χ1v) is 6.59. The molecule has 22 heavy (non-hydrogen) atoms. The van der Waals surface area contributed by atoms with Crippen molar-refractivity contribution in [1.82, 2.24) is 10.4 Å². The molecular formula is C16H12N2O4. The smallest absolute Gasteiger partial charge is 0.409 e. The minimum atomic E-state index is -0.904. The number of carbonyl (C=O) groups is 3. The Morgan fingerprint density at radius 3 is 2.05 bits per heavy atom. The van der Waals surface area contributed by atoms with E-state index >= 15 is 0 Å². The zero-order chi connectivity index (χ0) is 15.7. The average Bonchev–Trinajstić information content (AvgIpc) is 2.75. The second-order valence-corrected chi connectivity index (χ2v) is 4.81. The number of benzene rings is 2. The second-order valence-electron chi connectivity index (χ2n) is 4.81. The molecule has 1 N–H and O–H groups in total. The molecule has 0 aromatic heterocycles. The summed E-state index contributed by atoms with van der Waals surface area (Å²) >= 11 is 0. The van der Waals surface area contributed by atoms with Crippen molar-refractivity contribution in [2.75, 3.05) is 0 Å². The molecule has 6 heteroatoms. The van der Waals surface area contributed by atoms with Crippen LogP contribution in [0.25, 0.3) is 0 Å². The third-order valence-electron chi connectivity index (χ3n) is 3.23. The average molecular weight is 296 g/mol. The second kappa shape index (κ2) is 5.33. The summed E-state index contributed by atoms with van der Waals surface area (Å²) in [7, 11) is 0. The van der Waals surface area contributed by atoms with Crippen LogP contribution in [-0.4, -0.2) is 22.9 Å². The lowest BCUT2D eigenvalue weighted by molar-refractivity contribution is 0.0565. The van der Waals surface area contributed by atoms with E-state index in [0.717, 1.165) is 5.56 Å². The van der Waals surface area contributed by atoms with Gasteiger partial charge in [-0.15, -0.1) is 0 Å². The summed E-state index contributed by atoms with van der Waals surface area (Å²) in [4.78, 5) is 36.0. The van der Waals surface area contributed by atoms with Crippen LogP contribution in [0.4, 0.5) is 4.79 Å². The van der Waals surface area contributed by atoms with Crippen LogP contribution in [0.5, 0.6) is 5.75 Å². The summed E-state index contributed by atoms with van der Waals surface area (Å²) in [5.74, 6) is -0.845. The molecule has 0 fully saturated rings. The molecule has 0 spiro atoms. The van der Waals surface area contributed by atoms with Gasteiger partial charge in [0.1, 0.15) is 5.75 Å². The summed E-state index contributed by atoms with van der Waals surface area (Å²) in [6.07, 6.45) is -0.904. The normalized spacial score (nSPS) is 13.0. The maximum Gasteiger partial charge on any atom is 0.432 e. The van der Waals surface area contributed by atoms with Gasteiger partial charge in [0.15, 0.2) is 0 Å². The topological polar surface area (TPSA) is 75.7 Å². The number of imide groups is 1. The quantitative estimate of drug-likeness (QED) is 0.863. The van der Waals surface area contributed by atoms with Crippen LogP contribution in [0.3, 0.4) is 0 Å². The number of aryl methyl sites for hydroxylation is 1. The molecular weight excluding hydrogens is 284 g/mol. The summed E-state index contributed by atoms with van der Waals surface area (Å²) in [5, 5.41) is 0.654. The predicted octanol–water partition coefficient (Wildman–Crippen LogP) is 2.29. The molecule has 6 nitrogen and oxygen atoms in total. The summed E-state index contributed by atoms with van der Waals surface area (Å²) in [5.41, 5.74) is 3.69. The van der Waals surface area contributed by atoms with Gasteiger partial charge in [0, 0.05) is 0 Å². The summed E-state index contributed by atoms with van der Waals surface area (Å²) in [6.45, 7) is 1.91. The van der Waals surface area contributed by atoms with Crippen LogP contribution in [0.15, 0.2) is 48.5 Å². The zero-order valence-electron chi connectivity index (χ0n) is 11.7. The number of hydrogen-bond donors (Lipinski definition) is 1. The van der Waals surface area contributed by atoms with Crippen LogP contribution >= 0.6 is 0 Å². The van der Waals surface area contributed by atoms with Crippen molar-refractivity contribution in [2.45, 2.75) is 6.92 Å². The Bertz CT molecular complexity index is 733. The zero-order valence-corrected chi connectivity index (χ0v) is 11.7. The van der Waals surface area contributed by atoms with E-state index < -0.39 is 17.9 Å². The molecule has 0 aliphatic carbocycles. The molecule has 1 aliphatic rings. The number of nitrogens with zero attached hydrogens (tertiary/aromatic N) is 1. The standard InChI is InChI=1S/C16H12N2O4/c1-10-6-8-11(9-7-10)22-16(21)17-18-14(19)12-4-2-3-5-13(12)15(18)20/h2-9H,1H3,(H,17,21). The van der Waals surface area contributed by atoms with Crippen LogP contribution in [0.1, 0.15) is 26.3 Å². The number of hydrogen-bond acceptors (Lipinski definition) is 4. The fourth-order valence-corrected chi connectivity index (χ4v) is 2.12. The van der Waals surface area contributed by atoms with E-state index in [9.17, 15) is 14.4 Å². The Morgan fingerprint density at radius 2 is 1.50 bits per heavy atom. The van der Waals surface area contributed by atoms with Gasteiger partial charge in [-0.2, -0.15) is 5.01 Å². The van der Waals surface area contributed by atoms with E-state index in [-0.39, 0.29) is 11.1 Å². The first-order valence-electron chi connectivity index (χ1n) is 6.59. The van der Waals surface area contributed by atoms with Gasteiger partial charge in [-0.1, -0.05) is 29.8 Å². The van der Waals surface area contributed by atoms with Gasteiger partial charge in [-0.05, 0) is 31.2 Å². The minimum Gasteiger partial charge on any atom is -0.409 e. The van der Waals surface area contributed by atoms with Crippen LogP contribution in [-0.2, 0) is 0 Å². The molecule has 3 rings (SSSR count). The van der Waals surface area contributed by atoms with Crippen molar-refractivity contribution < 1.29 is 19.1 Å². The Labute approximate surface area is 126 Å². The Kier molecular flexibility index (Phi) is 3.34. The third-order valence-corrected chi connectivity index (χ3v) is 3.23. The SMILES string of the molecule is Cc1ccc(OC(=O)NN2C(=O)c3ccccc3C2=O)cc1. The Hall–Kier alpha value is -3.15. The van der Waals surface area contributed by atoms with E-state index in [1.54, 1.807) is 36.4 Å². The number of ether oxygens (including phenoxy) is 1. The van der Waals surface area contributed by atoms with Crippen LogP contribution in [0.2, 0.25) is 0 Å². The molecule has 1 heterocycles. The first-order chi connectivity index (χ1) is 10.6. The third kappa shape index (κ3) is 2.42. The van der Waals surface area contributed by atoms with Gasteiger partial charge in [0.2, 0.25) is 0 Å².